The lowest BCUT2D eigenvalue weighted by molar-refractivity contribution is 0.102. The van der Waals surface area contributed by atoms with E-state index >= 15 is 0 Å². The van der Waals surface area contributed by atoms with Crippen molar-refractivity contribution >= 4 is 29.8 Å². The predicted octanol–water partition coefficient (Wildman–Crippen LogP) is 3.33. The van der Waals surface area contributed by atoms with Gasteiger partial charge < -0.3 is 20.7 Å². The fourth-order valence-electron chi connectivity index (χ4n) is 2.96. The van der Waals surface area contributed by atoms with Crippen LogP contribution in [-0.2, 0) is 0 Å². The van der Waals surface area contributed by atoms with E-state index in [1.165, 1.54) is 12.8 Å². The molecule has 1 aliphatic rings. The Morgan fingerprint density at radius 1 is 1.22 bits per heavy atom. The molecule has 2 aromatic rings. The number of pyridine rings is 1. The molecule has 1 saturated heterocycles. The zero-order chi connectivity index (χ0) is 18.4. The fourth-order valence-corrected chi connectivity index (χ4v) is 2.96. The Morgan fingerprint density at radius 2 is 1.93 bits per heavy atom. The molecule has 3 rings (SSSR count). The molecule has 1 aliphatic heterocycles. The van der Waals surface area contributed by atoms with Crippen molar-refractivity contribution in [2.45, 2.75) is 19.8 Å². The number of rotatable bonds is 6. The number of nitrogens with one attached hydrogen (secondary N) is 1. The lowest BCUT2D eigenvalue weighted by atomic mass is 9.99. The summed E-state index contributed by atoms with van der Waals surface area (Å²) < 4.78 is 5.42. The number of amides is 1. The minimum atomic E-state index is -0.174. The predicted molar refractivity (Wildman–Crippen MR) is 111 cm³/mol. The average Bonchev–Trinajstić information content (AvgIpc) is 2.68. The summed E-state index contributed by atoms with van der Waals surface area (Å²) in [4.78, 5) is 19.1. The van der Waals surface area contributed by atoms with E-state index < -0.39 is 0 Å². The second-order valence-electron chi connectivity index (χ2n) is 6.69. The first-order valence-electron chi connectivity index (χ1n) is 9.11. The van der Waals surface area contributed by atoms with Crippen molar-refractivity contribution in [3.8, 4) is 5.75 Å². The van der Waals surface area contributed by atoms with Crippen molar-refractivity contribution in [1.82, 2.24) is 4.98 Å². The molecule has 146 valence electrons. The number of nitrogens with zero attached hydrogens (tertiary/aromatic N) is 2. The van der Waals surface area contributed by atoms with Crippen LogP contribution in [0.15, 0.2) is 42.6 Å². The van der Waals surface area contributed by atoms with E-state index in [4.69, 9.17) is 10.5 Å². The van der Waals surface area contributed by atoms with Gasteiger partial charge in [0, 0.05) is 31.5 Å². The maximum Gasteiger partial charge on any atom is 0.257 e. The minimum Gasteiger partial charge on any atom is -0.492 e. The summed E-state index contributed by atoms with van der Waals surface area (Å²) in [6, 6.07) is 11.0. The maximum absolute atomic E-state index is 12.4. The van der Waals surface area contributed by atoms with Crippen molar-refractivity contribution in [3.63, 3.8) is 0 Å². The van der Waals surface area contributed by atoms with Gasteiger partial charge in [-0.15, -0.1) is 12.4 Å². The summed E-state index contributed by atoms with van der Waals surface area (Å²) in [5.74, 6) is 2.28. The van der Waals surface area contributed by atoms with E-state index in [2.05, 4.69) is 22.1 Å². The second kappa shape index (κ2) is 10.1. The van der Waals surface area contributed by atoms with Gasteiger partial charge in [-0.2, -0.15) is 0 Å². The largest absolute Gasteiger partial charge is 0.492 e. The maximum atomic E-state index is 12.4. The van der Waals surface area contributed by atoms with Gasteiger partial charge in [-0.05, 0) is 55.2 Å². The highest BCUT2D eigenvalue weighted by atomic mass is 35.5. The van der Waals surface area contributed by atoms with Crippen LogP contribution in [0.4, 0.5) is 11.5 Å². The minimum absolute atomic E-state index is 0. The third-order valence-corrected chi connectivity index (χ3v) is 4.62. The first-order chi connectivity index (χ1) is 12.7. The third kappa shape index (κ3) is 5.84. The number of aromatic nitrogens is 1. The summed E-state index contributed by atoms with van der Waals surface area (Å²) in [6.07, 6.45) is 4.02. The van der Waals surface area contributed by atoms with Gasteiger partial charge in [0.15, 0.2) is 0 Å². The first-order valence-corrected chi connectivity index (χ1v) is 9.11. The highest BCUT2D eigenvalue weighted by Crippen LogP contribution is 2.22. The van der Waals surface area contributed by atoms with Gasteiger partial charge in [-0.25, -0.2) is 4.98 Å². The lowest BCUT2D eigenvalue weighted by Crippen LogP contribution is -2.33. The number of halogens is 1. The van der Waals surface area contributed by atoms with Crippen LogP contribution in [0.3, 0.4) is 0 Å². The molecule has 6 nitrogen and oxygen atoms in total. The molecule has 0 unspecified atom stereocenters. The molecule has 0 aliphatic carbocycles. The zero-order valence-corrected chi connectivity index (χ0v) is 16.4. The molecule has 1 aromatic carbocycles. The van der Waals surface area contributed by atoms with Crippen molar-refractivity contribution in [2.75, 3.05) is 36.5 Å². The summed E-state index contributed by atoms with van der Waals surface area (Å²) in [6.45, 7) is 5.28. The van der Waals surface area contributed by atoms with E-state index in [0.717, 1.165) is 30.6 Å². The number of hydrogen-bond donors (Lipinski definition) is 2. The number of nitrogens with two attached hydrogens (primary N) is 1. The number of carbonyl (C=O) groups excluding carboxylic acids is 1. The van der Waals surface area contributed by atoms with Crippen molar-refractivity contribution in [1.29, 1.82) is 0 Å². The topological polar surface area (TPSA) is 80.5 Å². The van der Waals surface area contributed by atoms with Crippen LogP contribution < -0.4 is 20.7 Å². The van der Waals surface area contributed by atoms with E-state index in [0.29, 0.717) is 24.4 Å². The lowest BCUT2D eigenvalue weighted by Gasteiger charge is -2.31. The third-order valence-electron chi connectivity index (χ3n) is 4.62. The molecule has 0 saturated carbocycles. The number of piperidine rings is 1. The van der Waals surface area contributed by atoms with E-state index in [9.17, 15) is 4.79 Å². The first kappa shape index (κ1) is 21.0. The number of ether oxygens (including phenoxy) is 1. The summed E-state index contributed by atoms with van der Waals surface area (Å²) in [5, 5.41) is 2.87. The Balaban J connectivity index is 0.00000261. The van der Waals surface area contributed by atoms with Gasteiger partial charge in [0.1, 0.15) is 18.2 Å². The fraction of sp³-hybridized carbons (Fsp3) is 0.400. The smallest absolute Gasteiger partial charge is 0.257 e. The number of hydrogen-bond acceptors (Lipinski definition) is 5. The molecule has 0 radical (unpaired) electrons. The molecule has 7 heteroatoms. The number of anilines is 2. The van der Waals surface area contributed by atoms with Crippen LogP contribution in [0.25, 0.3) is 0 Å². The van der Waals surface area contributed by atoms with Gasteiger partial charge in [0.2, 0.25) is 0 Å². The number of carbonyl (C=O) groups is 1. The standard InChI is InChI=1S/C20H26N4O2.ClH/c1-15-8-11-24(12-9-15)19-7-2-16(14-22-19)20(25)23-17-3-5-18(6-4-17)26-13-10-21;/h2-7,14-15H,8-13,21H2,1H3,(H,23,25);1H. The Kier molecular flexibility index (Phi) is 7.88. The summed E-state index contributed by atoms with van der Waals surface area (Å²) in [5.41, 5.74) is 6.67. The average molecular weight is 391 g/mol. The molecule has 0 spiro atoms. The molecular weight excluding hydrogens is 364 g/mol. The van der Waals surface area contributed by atoms with E-state index in [1.807, 2.05) is 24.3 Å². The molecule has 1 fully saturated rings. The molecule has 27 heavy (non-hydrogen) atoms. The normalized spacial score (nSPS) is 14.4. The van der Waals surface area contributed by atoms with Crippen LogP contribution in [0, 0.1) is 5.92 Å². The van der Waals surface area contributed by atoms with E-state index in [1.54, 1.807) is 18.3 Å². The SMILES string of the molecule is CC1CCN(c2ccc(C(=O)Nc3ccc(OCCN)cc3)cn2)CC1.Cl. The van der Waals surface area contributed by atoms with Gasteiger partial charge in [-0.3, -0.25) is 4.79 Å². The molecule has 0 bridgehead atoms. The van der Waals surface area contributed by atoms with Gasteiger partial charge in [-0.1, -0.05) is 6.92 Å². The van der Waals surface area contributed by atoms with Gasteiger partial charge >= 0.3 is 0 Å². The molecule has 3 N–H and O–H groups in total. The highest BCUT2D eigenvalue weighted by molar-refractivity contribution is 6.04. The molecular formula is C20H27ClN4O2. The molecule has 1 aromatic heterocycles. The van der Waals surface area contributed by atoms with Crippen LogP contribution in [0.5, 0.6) is 5.75 Å². The summed E-state index contributed by atoms with van der Waals surface area (Å²) in [7, 11) is 0. The Morgan fingerprint density at radius 3 is 2.52 bits per heavy atom. The van der Waals surface area contributed by atoms with Crippen LogP contribution in [-0.4, -0.2) is 37.1 Å². The monoisotopic (exact) mass is 390 g/mol. The van der Waals surface area contributed by atoms with E-state index in [-0.39, 0.29) is 18.3 Å². The summed E-state index contributed by atoms with van der Waals surface area (Å²) >= 11 is 0. The Bertz CT molecular complexity index is 714. The quantitative estimate of drug-likeness (QED) is 0.790. The number of benzene rings is 1. The molecule has 2 heterocycles. The van der Waals surface area contributed by atoms with Crippen LogP contribution >= 0.6 is 12.4 Å². The molecule has 0 atom stereocenters. The second-order valence-corrected chi connectivity index (χ2v) is 6.69. The van der Waals surface area contributed by atoms with Gasteiger partial charge in [0.05, 0.1) is 5.56 Å². The zero-order valence-electron chi connectivity index (χ0n) is 15.6. The van der Waals surface area contributed by atoms with Crippen molar-refractivity contribution < 1.29 is 9.53 Å². The Hall–Kier alpha value is -2.31. The Labute approximate surface area is 166 Å². The van der Waals surface area contributed by atoms with Crippen LogP contribution in [0.2, 0.25) is 0 Å². The van der Waals surface area contributed by atoms with Crippen LogP contribution in [0.1, 0.15) is 30.1 Å². The van der Waals surface area contributed by atoms with Gasteiger partial charge in [0.25, 0.3) is 5.91 Å². The van der Waals surface area contributed by atoms with Crippen molar-refractivity contribution in [3.05, 3.63) is 48.2 Å². The molecule has 1 amide bonds. The van der Waals surface area contributed by atoms with Crippen molar-refractivity contribution in [2.24, 2.45) is 11.7 Å². The highest BCUT2D eigenvalue weighted by Gasteiger charge is 2.17.